The fraction of sp³-hybridized carbons (Fsp3) is 0.308. The molecule has 1 aliphatic carbocycles. The van der Waals surface area contributed by atoms with Gasteiger partial charge >= 0.3 is 0 Å². The number of benzene rings is 2. The van der Waals surface area contributed by atoms with E-state index < -0.39 is 0 Å². The van der Waals surface area contributed by atoms with Gasteiger partial charge in [0.1, 0.15) is 12.3 Å². The summed E-state index contributed by atoms with van der Waals surface area (Å²) in [7, 11) is 0. The second-order valence-electron chi connectivity index (χ2n) is 8.10. The van der Waals surface area contributed by atoms with E-state index in [1.165, 1.54) is 4.88 Å². The minimum Gasteiger partial charge on any atom is -0.484 e. The Morgan fingerprint density at radius 3 is 2.22 bits per heavy atom. The zero-order chi connectivity index (χ0) is 22.3. The molecule has 0 atom stereocenters. The van der Waals surface area contributed by atoms with E-state index in [0.717, 1.165) is 23.3 Å². The zero-order valence-electron chi connectivity index (χ0n) is 18.3. The van der Waals surface area contributed by atoms with Gasteiger partial charge in [-0.15, -0.1) is 11.3 Å². The number of nitrogens with zero attached hydrogens (tertiary/aromatic N) is 2. The smallest absolute Gasteiger partial charge is 0.261 e. The standard InChI is InChI=1S/C26H28N2O3S/c1-20-12-15-24(32-20)17-27(16-21-8-4-2-5-9-21)25(29)18-28(22-13-14-22)26(30)19-31-23-10-6-3-7-11-23/h2-12,15,22H,13-14,16-19H2,1H3. The Balaban J connectivity index is 1.43. The summed E-state index contributed by atoms with van der Waals surface area (Å²) < 4.78 is 5.65. The fourth-order valence-corrected chi connectivity index (χ4v) is 4.50. The molecule has 1 aliphatic rings. The highest BCUT2D eigenvalue weighted by atomic mass is 32.1. The minimum absolute atomic E-state index is 0.0418. The van der Waals surface area contributed by atoms with Crippen molar-refractivity contribution in [1.29, 1.82) is 0 Å². The predicted octanol–water partition coefficient (Wildman–Crippen LogP) is 4.66. The number of carbonyl (C=O) groups is 2. The summed E-state index contributed by atoms with van der Waals surface area (Å²) in [5.74, 6) is 0.470. The average Bonchev–Trinajstić information content (AvgIpc) is 3.57. The van der Waals surface area contributed by atoms with Crippen molar-refractivity contribution in [2.75, 3.05) is 13.2 Å². The van der Waals surface area contributed by atoms with Crippen LogP contribution in [0.5, 0.6) is 5.75 Å². The molecule has 1 aromatic heterocycles. The molecule has 5 nitrogen and oxygen atoms in total. The van der Waals surface area contributed by atoms with Gasteiger partial charge in [0, 0.05) is 22.3 Å². The molecule has 1 fully saturated rings. The Morgan fingerprint density at radius 1 is 0.906 bits per heavy atom. The molecule has 0 spiro atoms. The number of para-hydroxylation sites is 1. The van der Waals surface area contributed by atoms with Crippen molar-refractivity contribution >= 4 is 23.2 Å². The summed E-state index contributed by atoms with van der Waals surface area (Å²) >= 11 is 1.70. The summed E-state index contributed by atoms with van der Waals surface area (Å²) in [6, 6.07) is 23.6. The number of amides is 2. The van der Waals surface area contributed by atoms with Crippen LogP contribution >= 0.6 is 11.3 Å². The SMILES string of the molecule is Cc1ccc(CN(Cc2ccccc2)C(=O)CN(C(=O)COc2ccccc2)C2CC2)s1. The molecule has 0 aliphatic heterocycles. The highest BCUT2D eigenvalue weighted by Gasteiger charge is 2.35. The Morgan fingerprint density at radius 2 is 1.59 bits per heavy atom. The van der Waals surface area contributed by atoms with E-state index in [9.17, 15) is 9.59 Å². The van der Waals surface area contributed by atoms with Crippen LogP contribution in [0.2, 0.25) is 0 Å². The maximum absolute atomic E-state index is 13.4. The second kappa shape index (κ2) is 10.5. The average molecular weight is 449 g/mol. The first kappa shape index (κ1) is 22.1. The van der Waals surface area contributed by atoms with Crippen LogP contribution in [0, 0.1) is 6.92 Å². The predicted molar refractivity (Wildman–Crippen MR) is 126 cm³/mol. The third-order valence-corrected chi connectivity index (χ3v) is 6.42. The number of hydrogen-bond acceptors (Lipinski definition) is 4. The van der Waals surface area contributed by atoms with Crippen LogP contribution in [-0.2, 0) is 22.7 Å². The summed E-state index contributed by atoms with van der Waals surface area (Å²) in [5.41, 5.74) is 1.07. The summed E-state index contributed by atoms with van der Waals surface area (Å²) in [6.45, 7) is 3.15. The van der Waals surface area contributed by atoms with E-state index in [1.807, 2.05) is 65.6 Å². The normalized spacial score (nSPS) is 12.9. The maximum atomic E-state index is 13.4. The van der Waals surface area contributed by atoms with Crippen molar-refractivity contribution in [3.63, 3.8) is 0 Å². The molecule has 1 heterocycles. The van der Waals surface area contributed by atoms with E-state index in [1.54, 1.807) is 16.2 Å². The van der Waals surface area contributed by atoms with Crippen LogP contribution in [0.4, 0.5) is 0 Å². The van der Waals surface area contributed by atoms with Gasteiger partial charge < -0.3 is 14.5 Å². The molecule has 0 bridgehead atoms. The lowest BCUT2D eigenvalue weighted by Crippen LogP contribution is -2.45. The van der Waals surface area contributed by atoms with Gasteiger partial charge in [0.25, 0.3) is 5.91 Å². The fourth-order valence-electron chi connectivity index (χ4n) is 3.59. The van der Waals surface area contributed by atoms with Crippen molar-refractivity contribution < 1.29 is 14.3 Å². The number of aryl methyl sites for hydroxylation is 1. The van der Waals surface area contributed by atoms with E-state index in [0.29, 0.717) is 18.8 Å². The number of ether oxygens (including phenoxy) is 1. The second-order valence-corrected chi connectivity index (χ2v) is 9.47. The van der Waals surface area contributed by atoms with Crippen LogP contribution in [0.1, 0.15) is 28.2 Å². The van der Waals surface area contributed by atoms with Gasteiger partial charge in [0.05, 0.1) is 6.54 Å². The van der Waals surface area contributed by atoms with Gasteiger partial charge in [-0.2, -0.15) is 0 Å². The Labute approximate surface area is 193 Å². The molecular formula is C26H28N2O3S. The van der Waals surface area contributed by atoms with Crippen molar-refractivity contribution in [3.05, 3.63) is 88.1 Å². The van der Waals surface area contributed by atoms with E-state index in [2.05, 4.69) is 19.1 Å². The largest absolute Gasteiger partial charge is 0.484 e. The molecule has 0 saturated heterocycles. The van der Waals surface area contributed by atoms with Crippen molar-refractivity contribution in [2.45, 2.75) is 38.9 Å². The molecule has 32 heavy (non-hydrogen) atoms. The van der Waals surface area contributed by atoms with Gasteiger partial charge in [-0.3, -0.25) is 9.59 Å². The molecule has 2 aromatic carbocycles. The van der Waals surface area contributed by atoms with Crippen LogP contribution in [-0.4, -0.2) is 40.8 Å². The molecular weight excluding hydrogens is 420 g/mol. The van der Waals surface area contributed by atoms with Crippen LogP contribution in [0.3, 0.4) is 0 Å². The number of thiophene rings is 1. The molecule has 6 heteroatoms. The van der Waals surface area contributed by atoms with E-state index in [4.69, 9.17) is 4.74 Å². The molecule has 0 N–H and O–H groups in total. The molecule has 0 radical (unpaired) electrons. The highest BCUT2D eigenvalue weighted by molar-refractivity contribution is 7.11. The lowest BCUT2D eigenvalue weighted by atomic mass is 10.2. The monoisotopic (exact) mass is 448 g/mol. The lowest BCUT2D eigenvalue weighted by Gasteiger charge is -2.27. The van der Waals surface area contributed by atoms with Gasteiger partial charge in [-0.05, 0) is 49.6 Å². The highest BCUT2D eigenvalue weighted by Crippen LogP contribution is 2.27. The maximum Gasteiger partial charge on any atom is 0.261 e. The third-order valence-electron chi connectivity index (χ3n) is 5.43. The Hall–Kier alpha value is -3.12. The first-order valence-corrected chi connectivity index (χ1v) is 11.7. The molecule has 166 valence electrons. The van der Waals surface area contributed by atoms with Gasteiger partial charge in [-0.25, -0.2) is 0 Å². The van der Waals surface area contributed by atoms with Gasteiger partial charge in [-0.1, -0.05) is 48.5 Å². The van der Waals surface area contributed by atoms with E-state index in [-0.39, 0.29) is 31.0 Å². The van der Waals surface area contributed by atoms with Crippen LogP contribution < -0.4 is 4.74 Å². The molecule has 3 aromatic rings. The topological polar surface area (TPSA) is 49.9 Å². The minimum atomic E-state index is -0.142. The quantitative estimate of drug-likeness (QED) is 0.453. The van der Waals surface area contributed by atoms with Crippen molar-refractivity contribution in [2.24, 2.45) is 0 Å². The molecule has 0 unspecified atom stereocenters. The van der Waals surface area contributed by atoms with Crippen molar-refractivity contribution in [1.82, 2.24) is 9.80 Å². The lowest BCUT2D eigenvalue weighted by molar-refractivity contribution is -0.142. The van der Waals surface area contributed by atoms with Crippen LogP contribution in [0.25, 0.3) is 0 Å². The first-order valence-electron chi connectivity index (χ1n) is 10.9. The zero-order valence-corrected chi connectivity index (χ0v) is 19.1. The molecule has 2 amide bonds. The number of rotatable bonds is 10. The first-order chi connectivity index (χ1) is 15.6. The van der Waals surface area contributed by atoms with E-state index >= 15 is 0 Å². The summed E-state index contributed by atoms with van der Waals surface area (Å²) in [6.07, 6.45) is 1.88. The van der Waals surface area contributed by atoms with Gasteiger partial charge in [0.15, 0.2) is 6.61 Å². The summed E-state index contributed by atoms with van der Waals surface area (Å²) in [4.78, 5) is 32.2. The number of hydrogen-bond donors (Lipinski definition) is 0. The Bertz CT molecular complexity index is 1030. The van der Waals surface area contributed by atoms with Gasteiger partial charge in [0.2, 0.25) is 5.91 Å². The van der Waals surface area contributed by atoms with Crippen molar-refractivity contribution in [3.8, 4) is 5.75 Å². The Kier molecular flexibility index (Phi) is 7.22. The van der Waals surface area contributed by atoms with Crippen LogP contribution in [0.15, 0.2) is 72.8 Å². The molecule has 4 rings (SSSR count). The number of carbonyl (C=O) groups excluding carboxylic acids is 2. The molecule has 1 saturated carbocycles. The third kappa shape index (κ3) is 6.20. The summed E-state index contributed by atoms with van der Waals surface area (Å²) in [5, 5.41) is 0.